The predicted molar refractivity (Wildman–Crippen MR) is 148 cm³/mol. The van der Waals surface area contributed by atoms with Crippen molar-refractivity contribution in [1.82, 2.24) is 15.8 Å². The van der Waals surface area contributed by atoms with E-state index < -0.39 is 28.4 Å². The molecule has 0 aliphatic heterocycles. The van der Waals surface area contributed by atoms with Crippen molar-refractivity contribution in [1.29, 1.82) is 0 Å². The number of hydrogen-bond acceptors (Lipinski definition) is 7. The summed E-state index contributed by atoms with van der Waals surface area (Å²) in [5, 5.41) is 1.15. The SMILES string of the molecule is COc1ccccc1NS(=O)(=O)c1cccc(C(=O)NNC(=O)COc2c(Cl)cc(Cl)c3ccc(C)nc23)c1. The molecular weight excluding hydrogens is 567 g/mol. The first kappa shape index (κ1) is 28.0. The van der Waals surface area contributed by atoms with Gasteiger partial charge in [0.2, 0.25) is 0 Å². The third-order valence-corrected chi connectivity index (χ3v) is 7.35. The number of nitrogens with zero attached hydrogens (tertiary/aromatic N) is 1. The minimum Gasteiger partial charge on any atom is -0.495 e. The Morgan fingerprint density at radius 1 is 0.949 bits per heavy atom. The highest BCUT2D eigenvalue weighted by Gasteiger charge is 2.19. The Balaban J connectivity index is 1.40. The van der Waals surface area contributed by atoms with Crippen LogP contribution in [-0.4, -0.2) is 38.9 Å². The topological polar surface area (TPSA) is 136 Å². The number of carbonyl (C=O) groups excluding carboxylic acids is 2. The number of benzene rings is 3. The maximum atomic E-state index is 12.9. The van der Waals surface area contributed by atoms with Crippen molar-refractivity contribution in [2.24, 2.45) is 0 Å². The van der Waals surface area contributed by atoms with Gasteiger partial charge in [-0.1, -0.05) is 41.4 Å². The van der Waals surface area contributed by atoms with E-state index in [0.717, 1.165) is 0 Å². The summed E-state index contributed by atoms with van der Waals surface area (Å²) >= 11 is 12.5. The predicted octanol–water partition coefficient (Wildman–Crippen LogP) is 4.50. The van der Waals surface area contributed by atoms with Crippen molar-refractivity contribution >= 4 is 61.6 Å². The number of pyridine rings is 1. The molecule has 3 aromatic carbocycles. The zero-order valence-electron chi connectivity index (χ0n) is 20.6. The summed E-state index contributed by atoms with van der Waals surface area (Å²) in [6.07, 6.45) is 0. The number of methoxy groups -OCH3 is 1. The summed E-state index contributed by atoms with van der Waals surface area (Å²) in [6, 6.07) is 16.8. The van der Waals surface area contributed by atoms with E-state index in [2.05, 4.69) is 20.6 Å². The number of anilines is 1. The molecule has 1 aromatic heterocycles. The maximum absolute atomic E-state index is 12.9. The second-order valence-corrected chi connectivity index (χ2v) is 10.6. The van der Waals surface area contributed by atoms with Gasteiger partial charge in [0, 0.05) is 16.6 Å². The molecule has 0 aliphatic carbocycles. The molecule has 10 nitrogen and oxygen atoms in total. The number of rotatable bonds is 8. The molecule has 13 heteroatoms. The van der Waals surface area contributed by atoms with Gasteiger partial charge >= 0.3 is 0 Å². The summed E-state index contributed by atoms with van der Waals surface area (Å²) in [5.74, 6) is -0.942. The van der Waals surface area contributed by atoms with Gasteiger partial charge in [0.1, 0.15) is 11.3 Å². The number of halogens is 2. The van der Waals surface area contributed by atoms with Gasteiger partial charge in [-0.05, 0) is 55.5 Å². The molecule has 39 heavy (non-hydrogen) atoms. The van der Waals surface area contributed by atoms with Crippen LogP contribution in [0.3, 0.4) is 0 Å². The Bertz CT molecular complexity index is 1680. The molecule has 0 spiro atoms. The smallest absolute Gasteiger partial charge is 0.276 e. The van der Waals surface area contributed by atoms with Crippen LogP contribution < -0.4 is 25.0 Å². The van der Waals surface area contributed by atoms with Crippen LogP contribution in [0, 0.1) is 6.92 Å². The number of carbonyl (C=O) groups is 2. The van der Waals surface area contributed by atoms with Gasteiger partial charge in [-0.3, -0.25) is 25.2 Å². The van der Waals surface area contributed by atoms with Gasteiger partial charge in [0.05, 0.1) is 27.7 Å². The fourth-order valence-electron chi connectivity index (χ4n) is 3.54. The van der Waals surface area contributed by atoms with E-state index in [1.165, 1.54) is 37.4 Å². The largest absolute Gasteiger partial charge is 0.495 e. The van der Waals surface area contributed by atoms with Crippen molar-refractivity contribution in [3.05, 3.63) is 88.0 Å². The van der Waals surface area contributed by atoms with Gasteiger partial charge in [-0.2, -0.15) is 0 Å². The first-order chi connectivity index (χ1) is 18.6. The van der Waals surface area contributed by atoms with Gasteiger partial charge < -0.3 is 9.47 Å². The van der Waals surface area contributed by atoms with Crippen LogP contribution in [-0.2, 0) is 14.8 Å². The number of fused-ring (bicyclic) bond motifs is 1. The molecule has 0 bridgehead atoms. The summed E-state index contributed by atoms with van der Waals surface area (Å²) in [4.78, 5) is 29.2. The minimum atomic E-state index is -4.05. The molecule has 0 radical (unpaired) electrons. The summed E-state index contributed by atoms with van der Waals surface area (Å²) < 4.78 is 39.0. The van der Waals surface area contributed by atoms with Crippen LogP contribution in [0.15, 0.2) is 71.6 Å². The molecule has 0 saturated heterocycles. The standard InChI is InChI=1S/C26H22Cl2N4O6S/c1-15-10-11-18-19(27)13-20(28)25(24(18)29-15)38-14-23(33)30-31-26(34)16-6-5-7-17(12-16)39(35,36)32-21-8-3-4-9-22(21)37-2/h3-13,32H,14H2,1-2H3,(H,30,33)(H,31,34). The molecule has 202 valence electrons. The summed E-state index contributed by atoms with van der Waals surface area (Å²) in [5.41, 5.74) is 5.77. The third kappa shape index (κ3) is 6.51. The average molecular weight is 589 g/mol. The van der Waals surface area contributed by atoms with Crippen LogP contribution in [0.5, 0.6) is 11.5 Å². The lowest BCUT2D eigenvalue weighted by atomic mass is 10.2. The third-order valence-electron chi connectivity index (χ3n) is 5.40. The van der Waals surface area contributed by atoms with Crippen molar-refractivity contribution in [3.8, 4) is 11.5 Å². The molecule has 1 heterocycles. The van der Waals surface area contributed by atoms with Crippen LogP contribution >= 0.6 is 23.2 Å². The number of amides is 2. The van der Waals surface area contributed by atoms with E-state index in [4.69, 9.17) is 32.7 Å². The van der Waals surface area contributed by atoms with Crippen molar-refractivity contribution in [2.75, 3.05) is 18.4 Å². The zero-order valence-corrected chi connectivity index (χ0v) is 22.9. The quantitative estimate of drug-likeness (QED) is 0.258. The van der Waals surface area contributed by atoms with Crippen molar-refractivity contribution in [3.63, 3.8) is 0 Å². The lowest BCUT2D eigenvalue weighted by Gasteiger charge is -2.13. The van der Waals surface area contributed by atoms with Crippen LogP contribution in [0.2, 0.25) is 10.0 Å². The summed E-state index contributed by atoms with van der Waals surface area (Å²) in [7, 11) is -2.63. The second-order valence-electron chi connectivity index (χ2n) is 8.14. The first-order valence-corrected chi connectivity index (χ1v) is 13.6. The van der Waals surface area contributed by atoms with Gasteiger partial charge in [0.25, 0.3) is 21.8 Å². The van der Waals surface area contributed by atoms with Crippen LogP contribution in [0.25, 0.3) is 10.9 Å². The lowest BCUT2D eigenvalue weighted by molar-refractivity contribution is -0.123. The highest BCUT2D eigenvalue weighted by molar-refractivity contribution is 7.92. The van der Waals surface area contributed by atoms with Crippen LogP contribution in [0.4, 0.5) is 5.69 Å². The molecule has 0 saturated carbocycles. The van der Waals surface area contributed by atoms with Gasteiger partial charge in [0.15, 0.2) is 12.4 Å². The fraction of sp³-hybridized carbons (Fsp3) is 0.115. The number of aryl methyl sites for hydroxylation is 1. The Hall–Kier alpha value is -4.06. The highest BCUT2D eigenvalue weighted by Crippen LogP contribution is 2.37. The molecule has 0 atom stereocenters. The normalized spacial score (nSPS) is 11.1. The Labute approximate surface area is 234 Å². The van der Waals surface area contributed by atoms with Gasteiger partial charge in [-0.25, -0.2) is 13.4 Å². The lowest BCUT2D eigenvalue weighted by Crippen LogP contribution is -2.43. The Kier molecular flexibility index (Phi) is 8.44. The summed E-state index contributed by atoms with van der Waals surface area (Å²) in [6.45, 7) is 1.29. The monoisotopic (exact) mass is 588 g/mol. The second kappa shape index (κ2) is 11.8. The molecule has 4 rings (SSSR count). The minimum absolute atomic E-state index is 0.00876. The van der Waals surface area contributed by atoms with Crippen LogP contribution in [0.1, 0.15) is 16.1 Å². The first-order valence-electron chi connectivity index (χ1n) is 11.3. The molecule has 4 aromatic rings. The Morgan fingerprint density at radius 3 is 2.49 bits per heavy atom. The molecule has 2 amide bonds. The van der Waals surface area contributed by atoms with E-state index in [1.54, 1.807) is 43.3 Å². The number of hydrazine groups is 1. The fourth-order valence-corrected chi connectivity index (χ4v) is 5.22. The molecule has 0 fully saturated rings. The van der Waals surface area contributed by atoms with E-state index in [9.17, 15) is 18.0 Å². The number of hydrogen-bond donors (Lipinski definition) is 3. The van der Waals surface area contributed by atoms with E-state index in [1.807, 2.05) is 0 Å². The number of ether oxygens (including phenoxy) is 2. The van der Waals surface area contributed by atoms with E-state index >= 15 is 0 Å². The maximum Gasteiger partial charge on any atom is 0.276 e. The van der Waals surface area contributed by atoms with Crippen molar-refractivity contribution < 1.29 is 27.5 Å². The highest BCUT2D eigenvalue weighted by atomic mass is 35.5. The molecule has 0 aliphatic rings. The van der Waals surface area contributed by atoms with E-state index in [0.29, 0.717) is 27.4 Å². The van der Waals surface area contributed by atoms with Crippen molar-refractivity contribution in [2.45, 2.75) is 11.8 Å². The molecular formula is C26H22Cl2N4O6S. The zero-order chi connectivity index (χ0) is 28.2. The number of aromatic nitrogens is 1. The van der Waals surface area contributed by atoms with E-state index in [-0.39, 0.29) is 26.9 Å². The number of para-hydroxylation sites is 2. The molecule has 3 N–H and O–H groups in total. The number of sulfonamides is 1. The Morgan fingerprint density at radius 2 is 1.72 bits per heavy atom. The molecule has 0 unspecified atom stereocenters. The number of nitrogens with one attached hydrogen (secondary N) is 3. The average Bonchev–Trinajstić information content (AvgIpc) is 2.91. The van der Waals surface area contributed by atoms with Gasteiger partial charge in [-0.15, -0.1) is 0 Å².